The molecule has 1 saturated heterocycles. The topological polar surface area (TPSA) is 58.6 Å². The molecule has 1 aromatic carbocycles. The second-order valence-corrected chi connectivity index (χ2v) is 4.60. The van der Waals surface area contributed by atoms with Crippen LogP contribution < -0.4 is 5.32 Å². The average Bonchev–Trinajstić information content (AvgIpc) is 2.74. The van der Waals surface area contributed by atoms with Crippen molar-refractivity contribution in [3.05, 3.63) is 34.9 Å². The van der Waals surface area contributed by atoms with Crippen LogP contribution >= 0.6 is 11.6 Å². The molecule has 1 aromatic rings. The summed E-state index contributed by atoms with van der Waals surface area (Å²) in [5.41, 5.74) is -0.534. The van der Waals surface area contributed by atoms with E-state index in [1.54, 1.807) is 24.3 Å². The minimum Gasteiger partial charge on any atom is -0.386 e. The molecule has 0 aliphatic carbocycles. The van der Waals surface area contributed by atoms with Gasteiger partial charge in [0.25, 0.3) is 5.91 Å². The van der Waals surface area contributed by atoms with E-state index in [0.717, 1.165) is 0 Å². The largest absolute Gasteiger partial charge is 0.386 e. The summed E-state index contributed by atoms with van der Waals surface area (Å²) in [5, 5.41) is 13.1. The van der Waals surface area contributed by atoms with Crippen LogP contribution in [0.2, 0.25) is 5.02 Å². The Morgan fingerprint density at radius 3 is 2.94 bits per heavy atom. The number of carbonyl (C=O) groups excluding carboxylic acids is 1. The highest BCUT2D eigenvalue weighted by Gasteiger charge is 2.32. The predicted molar refractivity (Wildman–Crippen MR) is 64.2 cm³/mol. The number of halogens is 1. The van der Waals surface area contributed by atoms with Crippen LogP contribution in [0.3, 0.4) is 0 Å². The zero-order valence-corrected chi connectivity index (χ0v) is 10.0. The van der Waals surface area contributed by atoms with E-state index in [2.05, 4.69) is 5.32 Å². The number of hydrogen-bond acceptors (Lipinski definition) is 3. The van der Waals surface area contributed by atoms with Gasteiger partial charge in [-0.15, -0.1) is 0 Å². The molecule has 1 aliphatic heterocycles. The summed E-state index contributed by atoms with van der Waals surface area (Å²) in [4.78, 5) is 11.8. The minimum absolute atomic E-state index is 0.178. The molecule has 1 amide bonds. The van der Waals surface area contributed by atoms with Crippen LogP contribution in [0.15, 0.2) is 24.3 Å². The van der Waals surface area contributed by atoms with Crippen LogP contribution in [0.1, 0.15) is 16.8 Å². The lowest BCUT2D eigenvalue weighted by Gasteiger charge is -2.20. The number of rotatable bonds is 3. The molecule has 0 saturated carbocycles. The highest BCUT2D eigenvalue weighted by molar-refractivity contribution is 6.33. The monoisotopic (exact) mass is 255 g/mol. The summed E-state index contributed by atoms with van der Waals surface area (Å²) < 4.78 is 5.09. The highest BCUT2D eigenvalue weighted by Crippen LogP contribution is 2.18. The number of amides is 1. The summed E-state index contributed by atoms with van der Waals surface area (Å²) in [6.45, 7) is 0.964. The van der Waals surface area contributed by atoms with Gasteiger partial charge in [-0.05, 0) is 12.1 Å². The molecule has 92 valence electrons. The smallest absolute Gasteiger partial charge is 0.252 e. The van der Waals surface area contributed by atoms with E-state index in [0.29, 0.717) is 23.6 Å². The normalized spacial score (nSPS) is 23.6. The number of hydrogen-bond donors (Lipinski definition) is 2. The van der Waals surface area contributed by atoms with Crippen molar-refractivity contribution in [1.82, 2.24) is 5.32 Å². The van der Waals surface area contributed by atoms with Gasteiger partial charge >= 0.3 is 0 Å². The lowest BCUT2D eigenvalue weighted by Crippen LogP contribution is -2.43. The Kier molecular flexibility index (Phi) is 3.66. The van der Waals surface area contributed by atoms with Gasteiger partial charge in [-0.2, -0.15) is 0 Å². The third-order valence-corrected chi connectivity index (χ3v) is 3.11. The van der Waals surface area contributed by atoms with Gasteiger partial charge in [-0.3, -0.25) is 4.79 Å². The van der Waals surface area contributed by atoms with Crippen LogP contribution in [-0.2, 0) is 4.74 Å². The van der Waals surface area contributed by atoms with Crippen molar-refractivity contribution in [2.24, 2.45) is 0 Å². The lowest BCUT2D eigenvalue weighted by molar-refractivity contribution is 0.0264. The summed E-state index contributed by atoms with van der Waals surface area (Å²) >= 11 is 5.90. The van der Waals surface area contributed by atoms with Crippen LogP contribution in [-0.4, -0.2) is 36.4 Å². The van der Waals surface area contributed by atoms with Crippen molar-refractivity contribution >= 4 is 17.5 Å². The highest BCUT2D eigenvalue weighted by atomic mass is 35.5. The van der Waals surface area contributed by atoms with Gasteiger partial charge in [-0.25, -0.2) is 0 Å². The van der Waals surface area contributed by atoms with E-state index in [4.69, 9.17) is 16.3 Å². The molecule has 5 heteroatoms. The fourth-order valence-corrected chi connectivity index (χ4v) is 1.94. The van der Waals surface area contributed by atoms with Gasteiger partial charge in [0.15, 0.2) is 0 Å². The molecule has 0 bridgehead atoms. The number of nitrogens with one attached hydrogen (secondary N) is 1. The molecular weight excluding hydrogens is 242 g/mol. The first kappa shape index (κ1) is 12.4. The first-order chi connectivity index (χ1) is 8.11. The fraction of sp³-hybridized carbons (Fsp3) is 0.417. The molecule has 1 aliphatic rings. The molecule has 1 atom stereocenters. The van der Waals surface area contributed by atoms with E-state index >= 15 is 0 Å². The minimum atomic E-state index is -0.948. The van der Waals surface area contributed by atoms with Gasteiger partial charge in [-0.1, -0.05) is 23.7 Å². The summed E-state index contributed by atoms with van der Waals surface area (Å²) in [6.07, 6.45) is 0.538. The first-order valence-corrected chi connectivity index (χ1v) is 5.81. The van der Waals surface area contributed by atoms with Crippen LogP contribution in [0.25, 0.3) is 0 Å². The molecule has 2 rings (SSSR count). The van der Waals surface area contributed by atoms with E-state index in [1.165, 1.54) is 0 Å². The average molecular weight is 256 g/mol. The Morgan fingerprint density at radius 2 is 2.29 bits per heavy atom. The molecule has 1 unspecified atom stereocenters. The van der Waals surface area contributed by atoms with Crippen molar-refractivity contribution in [3.8, 4) is 0 Å². The van der Waals surface area contributed by atoms with Crippen molar-refractivity contribution in [2.75, 3.05) is 19.8 Å². The van der Waals surface area contributed by atoms with Gasteiger partial charge in [0.05, 0.1) is 17.2 Å². The quantitative estimate of drug-likeness (QED) is 0.854. The zero-order valence-electron chi connectivity index (χ0n) is 9.28. The molecule has 1 fully saturated rings. The summed E-state index contributed by atoms with van der Waals surface area (Å²) in [5.74, 6) is -0.282. The second kappa shape index (κ2) is 5.04. The van der Waals surface area contributed by atoms with Crippen LogP contribution in [0.4, 0.5) is 0 Å². The van der Waals surface area contributed by atoms with Gasteiger partial charge in [0, 0.05) is 19.6 Å². The standard InChI is InChI=1S/C12H14ClNO3/c13-10-4-2-1-3-9(10)11(15)14-7-12(16)5-6-17-8-12/h1-4,16H,5-8H2,(H,14,15). The zero-order chi connectivity index (χ0) is 12.3. The van der Waals surface area contributed by atoms with E-state index < -0.39 is 5.60 Å². The molecule has 2 N–H and O–H groups in total. The first-order valence-electron chi connectivity index (χ1n) is 5.44. The Morgan fingerprint density at radius 1 is 1.53 bits per heavy atom. The molecule has 1 heterocycles. The summed E-state index contributed by atoms with van der Waals surface area (Å²) in [7, 11) is 0. The van der Waals surface area contributed by atoms with Gasteiger partial charge in [0.1, 0.15) is 5.60 Å². The van der Waals surface area contributed by atoms with Crippen molar-refractivity contribution in [1.29, 1.82) is 0 Å². The Labute approximate surface area is 105 Å². The van der Waals surface area contributed by atoms with Crippen molar-refractivity contribution in [2.45, 2.75) is 12.0 Å². The fourth-order valence-electron chi connectivity index (χ4n) is 1.72. The molecule has 4 nitrogen and oxygen atoms in total. The molecular formula is C12H14ClNO3. The third-order valence-electron chi connectivity index (χ3n) is 2.78. The van der Waals surface area contributed by atoms with Crippen LogP contribution in [0, 0.1) is 0 Å². The van der Waals surface area contributed by atoms with Crippen molar-refractivity contribution in [3.63, 3.8) is 0 Å². The molecule has 0 spiro atoms. The van der Waals surface area contributed by atoms with E-state index in [9.17, 15) is 9.90 Å². The maximum atomic E-state index is 11.8. The Bertz CT molecular complexity index is 416. The van der Waals surface area contributed by atoms with Gasteiger partial charge in [0.2, 0.25) is 0 Å². The Balaban J connectivity index is 1.96. The third kappa shape index (κ3) is 2.97. The number of ether oxygens (including phenoxy) is 1. The van der Waals surface area contributed by atoms with Gasteiger partial charge < -0.3 is 15.2 Å². The van der Waals surface area contributed by atoms with Crippen LogP contribution in [0.5, 0.6) is 0 Å². The van der Waals surface area contributed by atoms with E-state index in [-0.39, 0.29) is 19.1 Å². The second-order valence-electron chi connectivity index (χ2n) is 4.19. The summed E-state index contributed by atoms with van der Waals surface area (Å²) in [6, 6.07) is 6.81. The number of carbonyl (C=O) groups is 1. The lowest BCUT2D eigenvalue weighted by atomic mass is 10.0. The maximum absolute atomic E-state index is 11.8. The molecule has 0 aromatic heterocycles. The Hall–Kier alpha value is -1.10. The SMILES string of the molecule is O=C(NCC1(O)CCOC1)c1ccccc1Cl. The predicted octanol–water partition coefficient (Wildman–Crippen LogP) is 1.22. The van der Waals surface area contributed by atoms with Crippen molar-refractivity contribution < 1.29 is 14.6 Å². The molecule has 17 heavy (non-hydrogen) atoms. The number of benzene rings is 1. The number of aliphatic hydroxyl groups is 1. The maximum Gasteiger partial charge on any atom is 0.252 e. The van der Waals surface area contributed by atoms with E-state index in [1.807, 2.05) is 0 Å². The molecule has 0 radical (unpaired) electrons.